The summed E-state index contributed by atoms with van der Waals surface area (Å²) in [6.07, 6.45) is 5.46. The predicted molar refractivity (Wildman–Crippen MR) is 81.7 cm³/mol. The first-order valence-electron chi connectivity index (χ1n) is 7.43. The quantitative estimate of drug-likeness (QED) is 0.838. The van der Waals surface area contributed by atoms with Crippen LogP contribution in [0.3, 0.4) is 0 Å². The molecule has 0 spiro atoms. The molecule has 0 aromatic carbocycles. The van der Waals surface area contributed by atoms with E-state index in [0.717, 1.165) is 31.4 Å². The van der Waals surface area contributed by atoms with Crippen molar-refractivity contribution in [1.82, 2.24) is 10.1 Å². The van der Waals surface area contributed by atoms with E-state index in [0.29, 0.717) is 11.6 Å². The molecule has 1 N–H and O–H groups in total. The fraction of sp³-hybridized carbons (Fsp3) is 0.438. The van der Waals surface area contributed by atoms with Gasteiger partial charge in [-0.2, -0.15) is 0 Å². The Morgan fingerprint density at radius 3 is 2.62 bits per heavy atom. The maximum absolute atomic E-state index is 12.2. The molecule has 0 atom stereocenters. The molecule has 21 heavy (non-hydrogen) atoms. The molecule has 0 aliphatic rings. The van der Waals surface area contributed by atoms with Crippen LogP contribution < -0.4 is 5.32 Å². The Balaban J connectivity index is 2.03. The number of hydrogen-bond acceptors (Lipinski definition) is 4. The first-order chi connectivity index (χ1) is 10.2. The van der Waals surface area contributed by atoms with E-state index in [1.807, 2.05) is 18.2 Å². The van der Waals surface area contributed by atoms with Gasteiger partial charge in [-0.3, -0.25) is 15.1 Å². The molecule has 0 fully saturated rings. The van der Waals surface area contributed by atoms with E-state index in [1.165, 1.54) is 0 Å². The van der Waals surface area contributed by atoms with Crippen LogP contribution in [0.2, 0.25) is 0 Å². The van der Waals surface area contributed by atoms with Gasteiger partial charge >= 0.3 is 0 Å². The Hall–Kier alpha value is -2.17. The molecule has 112 valence electrons. The minimum Gasteiger partial charge on any atom is -0.338 e. The number of anilines is 1. The highest BCUT2D eigenvalue weighted by Gasteiger charge is 2.18. The number of carbonyl (C=O) groups is 1. The van der Waals surface area contributed by atoms with Crippen LogP contribution >= 0.6 is 0 Å². The molecular formula is C16H21N3O2. The summed E-state index contributed by atoms with van der Waals surface area (Å²) in [7, 11) is 0. The van der Waals surface area contributed by atoms with Gasteiger partial charge in [-0.15, -0.1) is 0 Å². The van der Waals surface area contributed by atoms with Crippen LogP contribution in [0.15, 0.2) is 35.0 Å². The van der Waals surface area contributed by atoms with Crippen molar-refractivity contribution in [2.24, 2.45) is 5.92 Å². The minimum absolute atomic E-state index is 0.00224. The molecular weight excluding hydrogens is 266 g/mol. The van der Waals surface area contributed by atoms with Gasteiger partial charge < -0.3 is 4.52 Å². The van der Waals surface area contributed by atoms with Gasteiger partial charge in [0.25, 0.3) is 0 Å². The third kappa shape index (κ3) is 4.15. The average Bonchev–Trinajstić information content (AvgIpc) is 2.96. The summed E-state index contributed by atoms with van der Waals surface area (Å²) < 4.78 is 5.17. The summed E-state index contributed by atoms with van der Waals surface area (Å²) in [6.45, 7) is 4.17. The van der Waals surface area contributed by atoms with Gasteiger partial charge in [0.15, 0.2) is 0 Å². The minimum atomic E-state index is 0.00224. The van der Waals surface area contributed by atoms with Crippen molar-refractivity contribution in [3.63, 3.8) is 0 Å². The summed E-state index contributed by atoms with van der Waals surface area (Å²) in [5, 5.41) is 6.74. The molecule has 0 saturated heterocycles. The van der Waals surface area contributed by atoms with Crippen molar-refractivity contribution in [3.05, 3.63) is 30.5 Å². The van der Waals surface area contributed by atoms with Gasteiger partial charge in [-0.25, -0.2) is 0 Å². The molecule has 5 heteroatoms. The van der Waals surface area contributed by atoms with E-state index >= 15 is 0 Å². The summed E-state index contributed by atoms with van der Waals surface area (Å²) in [5.74, 6) is 0.406. The highest BCUT2D eigenvalue weighted by molar-refractivity contribution is 5.91. The number of aromatic nitrogens is 2. The van der Waals surface area contributed by atoms with Crippen LogP contribution in [-0.4, -0.2) is 16.0 Å². The molecule has 0 bridgehead atoms. The molecule has 0 radical (unpaired) electrons. The topological polar surface area (TPSA) is 68.0 Å². The molecule has 2 heterocycles. The predicted octanol–water partition coefficient (Wildman–Crippen LogP) is 3.89. The van der Waals surface area contributed by atoms with Crippen LogP contribution in [0.4, 0.5) is 5.88 Å². The molecule has 5 nitrogen and oxygen atoms in total. The van der Waals surface area contributed by atoms with Gasteiger partial charge in [0.05, 0.1) is 5.69 Å². The highest BCUT2D eigenvalue weighted by Crippen LogP contribution is 2.21. The van der Waals surface area contributed by atoms with E-state index in [4.69, 9.17) is 4.52 Å². The molecule has 2 aromatic heterocycles. The lowest BCUT2D eigenvalue weighted by atomic mass is 9.97. The Labute approximate surface area is 124 Å². The number of carbonyl (C=O) groups excluding carboxylic acids is 1. The molecule has 0 saturated carbocycles. The number of amides is 1. The fourth-order valence-electron chi connectivity index (χ4n) is 2.30. The van der Waals surface area contributed by atoms with Gasteiger partial charge in [0, 0.05) is 18.2 Å². The van der Waals surface area contributed by atoms with E-state index in [-0.39, 0.29) is 11.8 Å². The van der Waals surface area contributed by atoms with Gasteiger partial charge in [0.2, 0.25) is 11.8 Å². The van der Waals surface area contributed by atoms with E-state index in [2.05, 4.69) is 29.3 Å². The van der Waals surface area contributed by atoms with Crippen molar-refractivity contribution in [3.8, 4) is 11.4 Å². The van der Waals surface area contributed by atoms with Gasteiger partial charge in [0.1, 0.15) is 5.69 Å². The lowest BCUT2D eigenvalue weighted by Crippen LogP contribution is -2.22. The monoisotopic (exact) mass is 287 g/mol. The van der Waals surface area contributed by atoms with Crippen LogP contribution in [0.1, 0.15) is 39.5 Å². The zero-order chi connectivity index (χ0) is 15.1. The molecule has 1 amide bonds. The second-order valence-electron chi connectivity index (χ2n) is 5.05. The third-order valence-electron chi connectivity index (χ3n) is 3.33. The van der Waals surface area contributed by atoms with Crippen molar-refractivity contribution >= 4 is 11.8 Å². The van der Waals surface area contributed by atoms with Gasteiger partial charge in [-0.1, -0.05) is 37.9 Å². The molecule has 2 aromatic rings. The zero-order valence-electron chi connectivity index (χ0n) is 12.5. The molecule has 2 rings (SSSR count). The normalized spacial score (nSPS) is 10.8. The first kappa shape index (κ1) is 15.2. The number of nitrogens with one attached hydrogen (secondary N) is 1. The van der Waals surface area contributed by atoms with Crippen molar-refractivity contribution in [1.29, 1.82) is 0 Å². The van der Waals surface area contributed by atoms with E-state index in [9.17, 15) is 4.79 Å². The number of hydrogen-bond donors (Lipinski definition) is 1. The maximum atomic E-state index is 12.2. The van der Waals surface area contributed by atoms with E-state index in [1.54, 1.807) is 12.3 Å². The number of pyridine rings is 1. The second-order valence-corrected chi connectivity index (χ2v) is 5.05. The largest absolute Gasteiger partial charge is 0.338 e. The third-order valence-corrected chi connectivity index (χ3v) is 3.33. The number of rotatable bonds is 7. The lowest BCUT2D eigenvalue weighted by Gasteiger charge is -2.13. The Kier molecular flexibility index (Phi) is 5.49. The maximum Gasteiger partial charge on any atom is 0.231 e. The van der Waals surface area contributed by atoms with Crippen LogP contribution in [0, 0.1) is 5.92 Å². The van der Waals surface area contributed by atoms with Crippen molar-refractivity contribution < 1.29 is 9.32 Å². The average molecular weight is 287 g/mol. The smallest absolute Gasteiger partial charge is 0.231 e. The lowest BCUT2D eigenvalue weighted by molar-refractivity contribution is -0.120. The molecule has 0 aliphatic carbocycles. The summed E-state index contributed by atoms with van der Waals surface area (Å²) in [6, 6.07) is 7.27. The Morgan fingerprint density at radius 2 is 2.00 bits per heavy atom. The van der Waals surface area contributed by atoms with Crippen LogP contribution in [-0.2, 0) is 4.79 Å². The van der Waals surface area contributed by atoms with Gasteiger partial charge in [-0.05, 0) is 25.0 Å². The Morgan fingerprint density at radius 1 is 1.24 bits per heavy atom. The fourth-order valence-corrected chi connectivity index (χ4v) is 2.30. The van der Waals surface area contributed by atoms with Crippen LogP contribution in [0.5, 0.6) is 0 Å². The summed E-state index contributed by atoms with van der Waals surface area (Å²) in [4.78, 5) is 16.4. The standard InChI is InChI=1S/C16H21N3O2/c1-3-7-12(8-4-2)16(20)18-15-11-14(19-21-15)13-9-5-6-10-17-13/h5-6,9-12H,3-4,7-8H2,1-2H3,(H,18,20). The first-order valence-corrected chi connectivity index (χ1v) is 7.43. The Bertz CT molecular complexity index is 560. The zero-order valence-corrected chi connectivity index (χ0v) is 12.5. The van der Waals surface area contributed by atoms with E-state index < -0.39 is 0 Å². The summed E-state index contributed by atoms with van der Waals surface area (Å²) in [5.41, 5.74) is 1.34. The SMILES string of the molecule is CCCC(CCC)C(=O)Nc1cc(-c2ccccn2)no1. The highest BCUT2D eigenvalue weighted by atomic mass is 16.5. The molecule has 0 unspecified atom stereocenters. The summed E-state index contributed by atoms with van der Waals surface area (Å²) >= 11 is 0. The van der Waals surface area contributed by atoms with Crippen molar-refractivity contribution in [2.75, 3.05) is 5.32 Å². The van der Waals surface area contributed by atoms with Crippen molar-refractivity contribution in [2.45, 2.75) is 39.5 Å². The molecule has 0 aliphatic heterocycles. The van der Waals surface area contributed by atoms with Crippen LogP contribution in [0.25, 0.3) is 11.4 Å². The second kappa shape index (κ2) is 7.57. The number of nitrogens with zero attached hydrogens (tertiary/aromatic N) is 2.